The van der Waals surface area contributed by atoms with Gasteiger partial charge in [-0.15, -0.1) is 0 Å². The minimum Gasteiger partial charge on any atom is -0.380 e. The Balaban J connectivity index is 2.29. The number of fused-ring (bicyclic) bond motifs is 2. The molecule has 124 valence electrons. The number of nitrogens with one attached hydrogen (secondary N) is 1. The van der Waals surface area contributed by atoms with Crippen molar-refractivity contribution in [3.05, 3.63) is 52.6 Å². The van der Waals surface area contributed by atoms with E-state index >= 15 is 0 Å². The van der Waals surface area contributed by atoms with Crippen LogP contribution in [0.5, 0.6) is 0 Å². The number of hydrogen-bond acceptors (Lipinski definition) is 5. The van der Waals surface area contributed by atoms with Crippen molar-refractivity contribution in [2.75, 3.05) is 26.0 Å². The van der Waals surface area contributed by atoms with Crippen molar-refractivity contribution in [2.24, 2.45) is 0 Å². The molecule has 0 amide bonds. The SMILES string of the molecule is C[C@H](CN(C)C)Nc1c2ccccc2nc2cccc([N+](=O)[O-])c12. The normalized spacial score (nSPS) is 12.7. The molecule has 2 aromatic carbocycles. The van der Waals surface area contributed by atoms with E-state index in [1.54, 1.807) is 6.07 Å². The lowest BCUT2D eigenvalue weighted by Gasteiger charge is -2.21. The van der Waals surface area contributed by atoms with Crippen molar-refractivity contribution >= 4 is 33.2 Å². The molecule has 24 heavy (non-hydrogen) atoms. The van der Waals surface area contributed by atoms with Gasteiger partial charge in [-0.05, 0) is 33.2 Å². The summed E-state index contributed by atoms with van der Waals surface area (Å²) >= 11 is 0. The summed E-state index contributed by atoms with van der Waals surface area (Å²) in [4.78, 5) is 17.8. The molecule has 0 radical (unpaired) electrons. The van der Waals surface area contributed by atoms with Crippen LogP contribution in [-0.4, -0.2) is 41.5 Å². The third-order valence-electron chi connectivity index (χ3n) is 3.91. The highest BCUT2D eigenvalue weighted by molar-refractivity contribution is 6.11. The maximum atomic E-state index is 11.5. The van der Waals surface area contributed by atoms with Gasteiger partial charge in [-0.2, -0.15) is 0 Å². The fourth-order valence-corrected chi connectivity index (χ4v) is 3.07. The van der Waals surface area contributed by atoms with Gasteiger partial charge in [-0.25, -0.2) is 4.98 Å². The van der Waals surface area contributed by atoms with Crippen LogP contribution in [0.15, 0.2) is 42.5 Å². The predicted octanol–water partition coefficient (Wildman–Crippen LogP) is 3.66. The maximum Gasteiger partial charge on any atom is 0.280 e. The number of nitro benzene ring substituents is 1. The Kier molecular flexibility index (Phi) is 4.31. The Morgan fingerprint density at radius 1 is 1.17 bits per heavy atom. The fourth-order valence-electron chi connectivity index (χ4n) is 3.07. The highest BCUT2D eigenvalue weighted by Gasteiger charge is 2.20. The average Bonchev–Trinajstić information content (AvgIpc) is 2.53. The first kappa shape index (κ1) is 16.1. The van der Waals surface area contributed by atoms with Gasteiger partial charge in [0.05, 0.1) is 21.6 Å². The molecule has 0 saturated carbocycles. The lowest BCUT2D eigenvalue weighted by atomic mass is 10.1. The van der Waals surface area contributed by atoms with Crippen LogP contribution >= 0.6 is 0 Å². The van der Waals surface area contributed by atoms with E-state index in [-0.39, 0.29) is 16.7 Å². The lowest BCUT2D eigenvalue weighted by Crippen LogP contribution is -2.29. The number of anilines is 1. The van der Waals surface area contributed by atoms with Crippen molar-refractivity contribution < 1.29 is 4.92 Å². The number of nitrogens with zero attached hydrogens (tertiary/aromatic N) is 3. The number of benzene rings is 2. The van der Waals surface area contributed by atoms with Crippen LogP contribution in [0.4, 0.5) is 11.4 Å². The highest BCUT2D eigenvalue weighted by atomic mass is 16.6. The van der Waals surface area contributed by atoms with Crippen LogP contribution in [0.25, 0.3) is 21.8 Å². The molecule has 0 fully saturated rings. The van der Waals surface area contributed by atoms with E-state index in [0.717, 1.165) is 23.1 Å². The van der Waals surface area contributed by atoms with E-state index in [0.29, 0.717) is 10.9 Å². The van der Waals surface area contributed by atoms with Crippen LogP contribution in [0.3, 0.4) is 0 Å². The third-order valence-corrected chi connectivity index (χ3v) is 3.91. The molecule has 6 nitrogen and oxygen atoms in total. The minimum absolute atomic E-state index is 0.0744. The van der Waals surface area contributed by atoms with Gasteiger partial charge in [0.25, 0.3) is 5.69 Å². The summed E-state index contributed by atoms with van der Waals surface area (Å²) in [5, 5.41) is 16.4. The second kappa shape index (κ2) is 6.41. The average molecular weight is 324 g/mol. The number of likely N-dealkylation sites (N-methyl/N-ethyl adjacent to an activating group) is 1. The van der Waals surface area contributed by atoms with Gasteiger partial charge in [0, 0.05) is 24.0 Å². The Labute approximate surface area is 140 Å². The third kappa shape index (κ3) is 3.00. The number of rotatable bonds is 5. The molecule has 6 heteroatoms. The topological polar surface area (TPSA) is 71.3 Å². The highest BCUT2D eigenvalue weighted by Crippen LogP contribution is 2.36. The lowest BCUT2D eigenvalue weighted by molar-refractivity contribution is -0.383. The van der Waals surface area contributed by atoms with Gasteiger partial charge >= 0.3 is 0 Å². The number of para-hydroxylation sites is 1. The van der Waals surface area contributed by atoms with E-state index in [1.165, 1.54) is 6.07 Å². The summed E-state index contributed by atoms with van der Waals surface area (Å²) in [6.45, 7) is 2.88. The summed E-state index contributed by atoms with van der Waals surface area (Å²) in [5.74, 6) is 0. The smallest absolute Gasteiger partial charge is 0.280 e. The summed E-state index contributed by atoms with van der Waals surface area (Å²) in [6, 6.07) is 12.9. The molecule has 0 aliphatic carbocycles. The summed E-state index contributed by atoms with van der Waals surface area (Å²) in [6.07, 6.45) is 0. The van der Waals surface area contributed by atoms with E-state index in [9.17, 15) is 10.1 Å². The Morgan fingerprint density at radius 2 is 1.88 bits per heavy atom. The maximum absolute atomic E-state index is 11.5. The van der Waals surface area contributed by atoms with Crippen LogP contribution in [-0.2, 0) is 0 Å². The standard InChI is InChI=1S/C18H20N4O2/c1-12(11-21(2)3)19-18-13-7-4-5-8-14(13)20-15-9-6-10-16(17(15)18)22(23)24/h4-10,12H,11H2,1-3H3,(H,19,20)/t12-/m1/s1. The quantitative estimate of drug-likeness (QED) is 0.440. The molecule has 0 spiro atoms. The molecule has 1 atom stereocenters. The number of non-ortho nitro benzene ring substituents is 1. The van der Waals surface area contributed by atoms with Crippen molar-refractivity contribution in [1.29, 1.82) is 0 Å². The van der Waals surface area contributed by atoms with Crippen LogP contribution in [0.2, 0.25) is 0 Å². The zero-order valence-corrected chi connectivity index (χ0v) is 14.0. The monoisotopic (exact) mass is 324 g/mol. The Bertz CT molecular complexity index is 908. The van der Waals surface area contributed by atoms with Crippen molar-refractivity contribution in [3.63, 3.8) is 0 Å². The predicted molar refractivity (Wildman–Crippen MR) is 97.5 cm³/mol. The molecule has 3 aromatic rings. The van der Waals surface area contributed by atoms with E-state index in [2.05, 4.69) is 22.1 Å². The summed E-state index contributed by atoms with van der Waals surface area (Å²) in [7, 11) is 4.01. The molecule has 0 saturated heterocycles. The van der Waals surface area contributed by atoms with Crippen molar-refractivity contribution in [2.45, 2.75) is 13.0 Å². The summed E-state index contributed by atoms with van der Waals surface area (Å²) in [5.41, 5.74) is 2.30. The first-order valence-electron chi connectivity index (χ1n) is 7.84. The second-order valence-corrected chi connectivity index (χ2v) is 6.24. The number of hydrogen-bond donors (Lipinski definition) is 1. The van der Waals surface area contributed by atoms with Crippen LogP contribution < -0.4 is 5.32 Å². The second-order valence-electron chi connectivity index (χ2n) is 6.24. The molecule has 0 aliphatic heterocycles. The van der Waals surface area contributed by atoms with Gasteiger partial charge in [0.2, 0.25) is 0 Å². The molecular formula is C18H20N4O2. The Morgan fingerprint density at radius 3 is 2.58 bits per heavy atom. The molecule has 3 rings (SSSR count). The summed E-state index contributed by atoms with van der Waals surface area (Å²) < 4.78 is 0. The minimum atomic E-state index is -0.347. The zero-order valence-electron chi connectivity index (χ0n) is 14.0. The van der Waals surface area contributed by atoms with Gasteiger partial charge in [-0.3, -0.25) is 10.1 Å². The molecule has 0 aliphatic rings. The molecule has 1 aromatic heterocycles. The van der Waals surface area contributed by atoms with Crippen molar-refractivity contribution in [3.8, 4) is 0 Å². The number of aromatic nitrogens is 1. The molecule has 0 unspecified atom stereocenters. The van der Waals surface area contributed by atoms with E-state index in [4.69, 9.17) is 0 Å². The molecular weight excluding hydrogens is 304 g/mol. The first-order chi connectivity index (χ1) is 11.5. The molecule has 1 N–H and O–H groups in total. The van der Waals surface area contributed by atoms with Gasteiger partial charge in [-0.1, -0.05) is 24.3 Å². The van der Waals surface area contributed by atoms with E-state index < -0.39 is 0 Å². The van der Waals surface area contributed by atoms with Crippen molar-refractivity contribution in [1.82, 2.24) is 9.88 Å². The first-order valence-corrected chi connectivity index (χ1v) is 7.84. The number of nitro groups is 1. The van der Waals surface area contributed by atoms with Crippen LogP contribution in [0, 0.1) is 10.1 Å². The molecule has 1 heterocycles. The van der Waals surface area contributed by atoms with Gasteiger partial charge < -0.3 is 10.2 Å². The number of pyridine rings is 1. The largest absolute Gasteiger partial charge is 0.380 e. The van der Waals surface area contributed by atoms with Crippen LogP contribution in [0.1, 0.15) is 6.92 Å². The fraction of sp³-hybridized carbons (Fsp3) is 0.278. The van der Waals surface area contributed by atoms with E-state index in [1.807, 2.05) is 44.4 Å². The zero-order chi connectivity index (χ0) is 17.3. The van der Waals surface area contributed by atoms with Gasteiger partial charge in [0.15, 0.2) is 0 Å². The molecule has 0 bridgehead atoms. The van der Waals surface area contributed by atoms with Gasteiger partial charge in [0.1, 0.15) is 5.39 Å². The Hall–Kier alpha value is -2.73.